The summed E-state index contributed by atoms with van der Waals surface area (Å²) in [6.07, 6.45) is 1.74. The van der Waals surface area contributed by atoms with Crippen LogP contribution in [0.5, 0.6) is 0 Å². The van der Waals surface area contributed by atoms with Crippen LogP contribution < -0.4 is 10.9 Å². The van der Waals surface area contributed by atoms with Crippen LogP contribution >= 0.6 is 0 Å². The Balaban J connectivity index is 1.69. The molecule has 0 aliphatic carbocycles. The number of carbonyl (C=O) groups is 1. The molecule has 0 saturated carbocycles. The van der Waals surface area contributed by atoms with Crippen molar-refractivity contribution in [2.45, 2.75) is 27.7 Å². The number of aryl methyl sites for hydroxylation is 4. The zero-order valence-electron chi connectivity index (χ0n) is 18.0. The molecule has 4 rings (SSSR count). The number of anilines is 1. The third-order valence-electron chi connectivity index (χ3n) is 5.03. The van der Waals surface area contributed by atoms with Gasteiger partial charge in [-0.05, 0) is 63.1 Å². The van der Waals surface area contributed by atoms with E-state index in [-0.39, 0.29) is 5.91 Å². The first-order valence-electron chi connectivity index (χ1n) is 10.0. The molecular formula is C24H24N6O. The lowest BCUT2D eigenvalue weighted by atomic mass is 10.0. The Kier molecular flexibility index (Phi) is 5.49. The molecule has 2 aromatic carbocycles. The first kappa shape index (κ1) is 20.3. The highest BCUT2D eigenvalue weighted by atomic mass is 16.2. The first-order valence-corrected chi connectivity index (χ1v) is 10.0. The summed E-state index contributed by atoms with van der Waals surface area (Å²) >= 11 is 0. The van der Waals surface area contributed by atoms with Gasteiger partial charge in [-0.15, -0.1) is 0 Å². The SMILES string of the molecule is Cc1cc(C)nc(NNC(=O)c2cn(-c3ccccc3)nc2-c2ccc(C)c(C)c2)n1. The number of hydrogen-bond donors (Lipinski definition) is 2. The van der Waals surface area contributed by atoms with Crippen LogP contribution in [0.1, 0.15) is 32.9 Å². The average molecular weight is 412 g/mol. The molecule has 7 heteroatoms. The largest absolute Gasteiger partial charge is 0.273 e. The van der Waals surface area contributed by atoms with E-state index in [4.69, 9.17) is 5.10 Å². The van der Waals surface area contributed by atoms with Crippen LogP contribution in [0.4, 0.5) is 5.95 Å². The van der Waals surface area contributed by atoms with Gasteiger partial charge in [0.15, 0.2) is 0 Å². The van der Waals surface area contributed by atoms with E-state index in [2.05, 4.69) is 27.7 Å². The zero-order chi connectivity index (χ0) is 22.0. The number of nitrogens with zero attached hydrogens (tertiary/aromatic N) is 4. The predicted octanol–water partition coefficient (Wildman–Crippen LogP) is 4.32. The number of benzene rings is 2. The lowest BCUT2D eigenvalue weighted by Gasteiger charge is -2.09. The van der Waals surface area contributed by atoms with Crippen molar-refractivity contribution in [2.24, 2.45) is 0 Å². The molecule has 2 N–H and O–H groups in total. The van der Waals surface area contributed by atoms with E-state index in [0.717, 1.165) is 28.2 Å². The van der Waals surface area contributed by atoms with Gasteiger partial charge in [-0.25, -0.2) is 14.6 Å². The van der Waals surface area contributed by atoms with Gasteiger partial charge in [0.05, 0.1) is 11.3 Å². The van der Waals surface area contributed by atoms with Gasteiger partial charge in [-0.1, -0.05) is 30.3 Å². The van der Waals surface area contributed by atoms with Crippen LogP contribution in [0.3, 0.4) is 0 Å². The highest BCUT2D eigenvalue weighted by Crippen LogP contribution is 2.26. The zero-order valence-corrected chi connectivity index (χ0v) is 18.0. The van der Waals surface area contributed by atoms with E-state index in [9.17, 15) is 4.79 Å². The lowest BCUT2D eigenvalue weighted by molar-refractivity contribution is 0.0963. The van der Waals surface area contributed by atoms with Gasteiger partial charge in [0.2, 0.25) is 5.95 Å². The summed E-state index contributed by atoms with van der Waals surface area (Å²) in [7, 11) is 0. The highest BCUT2D eigenvalue weighted by molar-refractivity contribution is 6.00. The van der Waals surface area contributed by atoms with E-state index in [1.165, 1.54) is 5.56 Å². The Morgan fingerprint density at radius 3 is 2.26 bits per heavy atom. The van der Waals surface area contributed by atoms with Crippen molar-refractivity contribution in [3.63, 3.8) is 0 Å². The topological polar surface area (TPSA) is 84.7 Å². The second-order valence-corrected chi connectivity index (χ2v) is 7.52. The molecule has 4 aromatic rings. The van der Waals surface area contributed by atoms with Crippen LogP contribution in [-0.4, -0.2) is 25.7 Å². The fourth-order valence-electron chi connectivity index (χ4n) is 3.32. The summed E-state index contributed by atoms with van der Waals surface area (Å²) in [5.74, 6) is 0.0206. The molecule has 0 spiro atoms. The number of amides is 1. The van der Waals surface area contributed by atoms with Crippen molar-refractivity contribution in [3.05, 3.63) is 88.9 Å². The molecule has 0 unspecified atom stereocenters. The summed E-state index contributed by atoms with van der Waals surface area (Å²) in [5.41, 5.74) is 12.3. The van der Waals surface area contributed by atoms with E-state index < -0.39 is 0 Å². The summed E-state index contributed by atoms with van der Waals surface area (Å²) in [5, 5.41) is 4.72. The molecule has 0 fully saturated rings. The molecule has 2 aromatic heterocycles. The number of hydrogen-bond acceptors (Lipinski definition) is 5. The van der Waals surface area contributed by atoms with E-state index in [1.807, 2.05) is 75.4 Å². The summed E-state index contributed by atoms with van der Waals surface area (Å²) in [4.78, 5) is 21.7. The van der Waals surface area contributed by atoms with Crippen molar-refractivity contribution in [1.29, 1.82) is 0 Å². The summed E-state index contributed by atoms with van der Waals surface area (Å²) in [6, 6.07) is 17.6. The minimum absolute atomic E-state index is 0.321. The minimum atomic E-state index is -0.321. The normalized spacial score (nSPS) is 10.7. The fraction of sp³-hybridized carbons (Fsp3) is 0.167. The Morgan fingerprint density at radius 2 is 1.58 bits per heavy atom. The number of hydrazine groups is 1. The quantitative estimate of drug-likeness (QED) is 0.477. The first-order chi connectivity index (χ1) is 14.9. The molecule has 0 saturated heterocycles. The van der Waals surface area contributed by atoms with Crippen molar-refractivity contribution in [2.75, 3.05) is 5.43 Å². The smallest absolute Gasteiger partial charge is 0.267 e. The van der Waals surface area contributed by atoms with Crippen LogP contribution in [0.25, 0.3) is 16.9 Å². The maximum Gasteiger partial charge on any atom is 0.273 e. The van der Waals surface area contributed by atoms with Crippen LogP contribution in [0.2, 0.25) is 0 Å². The molecule has 0 bridgehead atoms. The molecule has 0 radical (unpaired) electrons. The molecule has 0 aliphatic heterocycles. The second-order valence-electron chi connectivity index (χ2n) is 7.52. The molecule has 0 aliphatic rings. The van der Waals surface area contributed by atoms with Gasteiger partial charge in [-0.3, -0.25) is 15.6 Å². The summed E-state index contributed by atoms with van der Waals surface area (Å²) < 4.78 is 1.72. The number of carbonyl (C=O) groups excluding carboxylic acids is 1. The monoisotopic (exact) mass is 412 g/mol. The number of aromatic nitrogens is 4. The van der Waals surface area contributed by atoms with Gasteiger partial charge >= 0.3 is 0 Å². The molecule has 2 heterocycles. The maximum atomic E-state index is 13.1. The van der Waals surface area contributed by atoms with Crippen LogP contribution in [0, 0.1) is 27.7 Å². The number of para-hydroxylation sites is 1. The minimum Gasteiger partial charge on any atom is -0.267 e. The van der Waals surface area contributed by atoms with Gasteiger partial charge in [0, 0.05) is 23.1 Å². The van der Waals surface area contributed by atoms with Crippen LogP contribution in [0.15, 0.2) is 60.8 Å². The highest BCUT2D eigenvalue weighted by Gasteiger charge is 2.19. The van der Waals surface area contributed by atoms with Crippen molar-refractivity contribution >= 4 is 11.9 Å². The molecule has 7 nitrogen and oxygen atoms in total. The Bertz CT molecular complexity index is 1230. The molecule has 31 heavy (non-hydrogen) atoms. The summed E-state index contributed by atoms with van der Waals surface area (Å²) in [6.45, 7) is 7.86. The van der Waals surface area contributed by atoms with E-state index in [0.29, 0.717) is 17.2 Å². The van der Waals surface area contributed by atoms with Crippen molar-refractivity contribution in [3.8, 4) is 16.9 Å². The Hall–Kier alpha value is -4.00. The van der Waals surface area contributed by atoms with Gasteiger partial charge in [0.1, 0.15) is 5.69 Å². The fourth-order valence-corrected chi connectivity index (χ4v) is 3.32. The van der Waals surface area contributed by atoms with Gasteiger partial charge in [-0.2, -0.15) is 5.10 Å². The molecular weight excluding hydrogens is 388 g/mol. The number of nitrogens with one attached hydrogen (secondary N) is 2. The average Bonchev–Trinajstić information content (AvgIpc) is 3.19. The van der Waals surface area contributed by atoms with Crippen LogP contribution in [-0.2, 0) is 0 Å². The molecule has 156 valence electrons. The van der Waals surface area contributed by atoms with E-state index in [1.54, 1.807) is 10.9 Å². The number of rotatable bonds is 5. The Labute approximate surface area is 181 Å². The van der Waals surface area contributed by atoms with Gasteiger partial charge < -0.3 is 0 Å². The predicted molar refractivity (Wildman–Crippen MR) is 121 cm³/mol. The lowest BCUT2D eigenvalue weighted by Crippen LogP contribution is -2.30. The standard InChI is InChI=1S/C24H24N6O/c1-15-10-11-19(12-16(15)2)22-21(14-30(29-22)20-8-6-5-7-9-20)23(31)27-28-24-25-17(3)13-18(4)26-24/h5-14H,1-4H3,(H,27,31)(H,25,26,28). The second kappa shape index (κ2) is 8.39. The molecule has 1 amide bonds. The van der Waals surface area contributed by atoms with Gasteiger partial charge in [0.25, 0.3) is 5.91 Å². The third-order valence-corrected chi connectivity index (χ3v) is 5.03. The third kappa shape index (κ3) is 4.45. The maximum absolute atomic E-state index is 13.1. The Morgan fingerprint density at radius 1 is 0.871 bits per heavy atom. The van der Waals surface area contributed by atoms with Crippen molar-refractivity contribution < 1.29 is 4.79 Å². The van der Waals surface area contributed by atoms with Crippen molar-refractivity contribution in [1.82, 2.24) is 25.2 Å². The molecule has 0 atom stereocenters. The van der Waals surface area contributed by atoms with E-state index >= 15 is 0 Å².